The summed E-state index contributed by atoms with van der Waals surface area (Å²) in [6.45, 7) is 5.42. The number of morpholine rings is 1. The maximum Gasteiger partial charge on any atom is 0.100 e. The summed E-state index contributed by atoms with van der Waals surface area (Å²) in [5.74, 6) is 0. The summed E-state index contributed by atoms with van der Waals surface area (Å²) in [5.41, 5.74) is 3.02. The van der Waals surface area contributed by atoms with Gasteiger partial charge in [0.1, 0.15) is 6.07 Å². The van der Waals surface area contributed by atoms with Gasteiger partial charge in [0, 0.05) is 23.2 Å². The minimum atomic E-state index is 0.689. The van der Waals surface area contributed by atoms with Crippen molar-refractivity contribution in [1.82, 2.24) is 0 Å². The Hall–Kier alpha value is -1.05. The molecule has 84 valence electrons. The molecule has 0 amide bonds. The van der Waals surface area contributed by atoms with E-state index in [1.165, 1.54) is 5.69 Å². The lowest BCUT2D eigenvalue weighted by molar-refractivity contribution is 0.122. The topological polar surface area (TPSA) is 36.3 Å². The highest BCUT2D eigenvalue weighted by molar-refractivity contribution is 9.10. The fraction of sp³-hybridized carbons (Fsp3) is 0.417. The first-order valence-corrected chi connectivity index (χ1v) is 6.04. The van der Waals surface area contributed by atoms with Crippen LogP contribution in [-0.4, -0.2) is 26.3 Å². The van der Waals surface area contributed by atoms with Gasteiger partial charge in [-0.25, -0.2) is 0 Å². The summed E-state index contributed by atoms with van der Waals surface area (Å²) in [5, 5.41) is 8.93. The summed E-state index contributed by atoms with van der Waals surface area (Å²) < 4.78 is 6.19. The predicted octanol–water partition coefficient (Wildman–Crippen LogP) is 2.47. The Kier molecular flexibility index (Phi) is 3.47. The van der Waals surface area contributed by atoms with Crippen LogP contribution in [0.5, 0.6) is 0 Å². The Morgan fingerprint density at radius 1 is 1.38 bits per heavy atom. The lowest BCUT2D eigenvalue weighted by Gasteiger charge is -2.30. The van der Waals surface area contributed by atoms with Crippen LogP contribution in [0.1, 0.15) is 11.1 Å². The van der Waals surface area contributed by atoms with Gasteiger partial charge in [0.15, 0.2) is 0 Å². The molecule has 1 saturated heterocycles. The molecule has 0 unspecified atom stereocenters. The molecule has 1 aliphatic heterocycles. The van der Waals surface area contributed by atoms with E-state index in [1.54, 1.807) is 0 Å². The van der Waals surface area contributed by atoms with E-state index in [1.807, 2.05) is 19.1 Å². The number of anilines is 1. The highest BCUT2D eigenvalue weighted by atomic mass is 79.9. The standard InChI is InChI=1S/C12H13BrN2O/c1-9-6-10(8-14)11(13)7-12(9)15-2-4-16-5-3-15/h6-7H,2-5H2,1H3. The van der Waals surface area contributed by atoms with Gasteiger partial charge >= 0.3 is 0 Å². The van der Waals surface area contributed by atoms with Gasteiger partial charge in [-0.1, -0.05) is 0 Å². The molecule has 0 N–H and O–H groups in total. The molecule has 0 saturated carbocycles. The van der Waals surface area contributed by atoms with Crippen molar-refractivity contribution in [3.8, 4) is 6.07 Å². The lowest BCUT2D eigenvalue weighted by atomic mass is 10.1. The van der Waals surface area contributed by atoms with Crippen molar-refractivity contribution in [2.75, 3.05) is 31.2 Å². The second kappa shape index (κ2) is 4.86. The van der Waals surface area contributed by atoms with Gasteiger partial charge < -0.3 is 9.64 Å². The lowest BCUT2D eigenvalue weighted by Crippen LogP contribution is -2.36. The molecule has 16 heavy (non-hydrogen) atoms. The molecule has 1 aromatic carbocycles. The van der Waals surface area contributed by atoms with Crippen molar-refractivity contribution >= 4 is 21.6 Å². The SMILES string of the molecule is Cc1cc(C#N)c(Br)cc1N1CCOCC1. The maximum atomic E-state index is 8.93. The van der Waals surface area contributed by atoms with Crippen molar-refractivity contribution in [2.45, 2.75) is 6.92 Å². The minimum Gasteiger partial charge on any atom is -0.378 e. The Bertz CT molecular complexity index is 433. The smallest absolute Gasteiger partial charge is 0.100 e. The highest BCUT2D eigenvalue weighted by Crippen LogP contribution is 2.28. The predicted molar refractivity (Wildman–Crippen MR) is 66.6 cm³/mol. The van der Waals surface area contributed by atoms with E-state index < -0.39 is 0 Å². The molecule has 0 atom stereocenters. The van der Waals surface area contributed by atoms with Crippen LogP contribution in [0.15, 0.2) is 16.6 Å². The molecule has 0 radical (unpaired) electrons. The van der Waals surface area contributed by atoms with E-state index in [0.717, 1.165) is 36.3 Å². The van der Waals surface area contributed by atoms with Crippen molar-refractivity contribution in [3.05, 3.63) is 27.7 Å². The van der Waals surface area contributed by atoms with Crippen LogP contribution in [0.3, 0.4) is 0 Å². The number of benzene rings is 1. The number of rotatable bonds is 1. The van der Waals surface area contributed by atoms with Crippen LogP contribution in [0.4, 0.5) is 5.69 Å². The van der Waals surface area contributed by atoms with Crippen LogP contribution >= 0.6 is 15.9 Å². The normalized spacial score (nSPS) is 15.9. The summed E-state index contributed by atoms with van der Waals surface area (Å²) >= 11 is 3.43. The number of ether oxygens (including phenoxy) is 1. The highest BCUT2D eigenvalue weighted by Gasteiger charge is 2.14. The third-order valence-electron chi connectivity index (χ3n) is 2.76. The van der Waals surface area contributed by atoms with E-state index in [9.17, 15) is 0 Å². The molecule has 0 aliphatic carbocycles. The van der Waals surface area contributed by atoms with Gasteiger partial charge in [0.2, 0.25) is 0 Å². The molecule has 1 aromatic rings. The number of nitriles is 1. The summed E-state index contributed by atoms with van der Waals surface area (Å²) in [6, 6.07) is 6.13. The molecule has 0 bridgehead atoms. The first kappa shape index (κ1) is 11.4. The quantitative estimate of drug-likeness (QED) is 0.793. The number of nitrogens with zero attached hydrogens (tertiary/aromatic N) is 2. The summed E-state index contributed by atoms with van der Waals surface area (Å²) in [4.78, 5) is 2.30. The zero-order chi connectivity index (χ0) is 11.5. The Morgan fingerprint density at radius 3 is 2.69 bits per heavy atom. The van der Waals surface area contributed by atoms with Crippen LogP contribution in [0, 0.1) is 18.3 Å². The third kappa shape index (κ3) is 2.21. The van der Waals surface area contributed by atoms with Gasteiger partial charge in [-0.3, -0.25) is 0 Å². The zero-order valence-electron chi connectivity index (χ0n) is 9.16. The summed E-state index contributed by atoms with van der Waals surface area (Å²) in [6.07, 6.45) is 0. The van der Waals surface area contributed by atoms with Crippen LogP contribution in [0.25, 0.3) is 0 Å². The van der Waals surface area contributed by atoms with Gasteiger partial charge in [-0.05, 0) is 40.5 Å². The van der Waals surface area contributed by atoms with E-state index in [4.69, 9.17) is 10.00 Å². The second-order valence-electron chi connectivity index (χ2n) is 3.83. The van der Waals surface area contributed by atoms with E-state index in [0.29, 0.717) is 5.56 Å². The van der Waals surface area contributed by atoms with Crippen molar-refractivity contribution in [1.29, 1.82) is 5.26 Å². The van der Waals surface area contributed by atoms with E-state index in [2.05, 4.69) is 26.9 Å². The zero-order valence-corrected chi connectivity index (χ0v) is 10.7. The first-order valence-electron chi connectivity index (χ1n) is 5.25. The molecule has 0 spiro atoms. The second-order valence-corrected chi connectivity index (χ2v) is 4.68. The van der Waals surface area contributed by atoms with Crippen LogP contribution in [0.2, 0.25) is 0 Å². The van der Waals surface area contributed by atoms with Crippen molar-refractivity contribution < 1.29 is 4.74 Å². The largest absolute Gasteiger partial charge is 0.378 e. The molecule has 1 heterocycles. The number of aryl methyl sites for hydroxylation is 1. The van der Waals surface area contributed by atoms with Crippen molar-refractivity contribution in [2.24, 2.45) is 0 Å². The van der Waals surface area contributed by atoms with Crippen LogP contribution in [-0.2, 0) is 4.74 Å². The molecular weight excluding hydrogens is 268 g/mol. The Morgan fingerprint density at radius 2 is 2.06 bits per heavy atom. The van der Waals surface area contributed by atoms with Gasteiger partial charge in [-0.15, -0.1) is 0 Å². The first-order chi connectivity index (χ1) is 7.72. The third-order valence-corrected chi connectivity index (χ3v) is 3.41. The molecule has 4 heteroatoms. The van der Waals surface area contributed by atoms with E-state index in [-0.39, 0.29) is 0 Å². The van der Waals surface area contributed by atoms with Gasteiger partial charge in [-0.2, -0.15) is 5.26 Å². The average molecular weight is 281 g/mol. The summed E-state index contributed by atoms with van der Waals surface area (Å²) in [7, 11) is 0. The molecule has 1 fully saturated rings. The van der Waals surface area contributed by atoms with Gasteiger partial charge in [0.05, 0.1) is 18.8 Å². The fourth-order valence-electron chi connectivity index (χ4n) is 1.90. The van der Waals surface area contributed by atoms with Crippen LogP contribution < -0.4 is 4.90 Å². The molecule has 3 nitrogen and oxygen atoms in total. The monoisotopic (exact) mass is 280 g/mol. The Labute approximate surface area is 104 Å². The number of hydrogen-bond acceptors (Lipinski definition) is 3. The minimum absolute atomic E-state index is 0.689. The van der Waals surface area contributed by atoms with Gasteiger partial charge in [0.25, 0.3) is 0 Å². The maximum absolute atomic E-state index is 8.93. The van der Waals surface area contributed by atoms with Crippen molar-refractivity contribution in [3.63, 3.8) is 0 Å². The molecule has 2 rings (SSSR count). The number of hydrogen-bond donors (Lipinski definition) is 0. The molecular formula is C12H13BrN2O. The van der Waals surface area contributed by atoms with E-state index >= 15 is 0 Å². The Balaban J connectivity index is 2.34. The number of halogens is 1. The molecule has 0 aromatic heterocycles. The molecule has 1 aliphatic rings. The fourth-order valence-corrected chi connectivity index (χ4v) is 2.32. The average Bonchev–Trinajstić information content (AvgIpc) is 2.32.